The van der Waals surface area contributed by atoms with E-state index < -0.39 is 0 Å². The van der Waals surface area contributed by atoms with Crippen LogP contribution in [-0.4, -0.2) is 44.3 Å². The minimum absolute atomic E-state index is 0.0745. The molecule has 0 unspecified atom stereocenters. The molecule has 0 atom stereocenters. The SMILES string of the molecule is CNc1ccc(C(=O)NN2CCOCC2)cc1. The molecule has 1 aromatic rings. The minimum atomic E-state index is -0.0745. The van der Waals surface area contributed by atoms with Crippen molar-refractivity contribution in [2.75, 3.05) is 38.7 Å². The van der Waals surface area contributed by atoms with Crippen LogP contribution in [0.5, 0.6) is 0 Å². The van der Waals surface area contributed by atoms with Gasteiger partial charge in [-0.3, -0.25) is 10.2 Å². The third-order valence-corrected chi connectivity index (χ3v) is 2.71. The Hall–Kier alpha value is -1.59. The number of carbonyl (C=O) groups excluding carboxylic acids is 1. The number of nitrogens with zero attached hydrogens (tertiary/aromatic N) is 1. The molecular weight excluding hydrogens is 218 g/mol. The number of hydrogen-bond donors (Lipinski definition) is 2. The van der Waals surface area contributed by atoms with Gasteiger partial charge < -0.3 is 10.1 Å². The molecule has 1 heterocycles. The Morgan fingerprint density at radius 1 is 1.24 bits per heavy atom. The molecule has 0 radical (unpaired) electrons. The molecule has 17 heavy (non-hydrogen) atoms. The summed E-state index contributed by atoms with van der Waals surface area (Å²) in [7, 11) is 1.85. The zero-order chi connectivity index (χ0) is 12.1. The summed E-state index contributed by atoms with van der Waals surface area (Å²) in [4.78, 5) is 11.9. The summed E-state index contributed by atoms with van der Waals surface area (Å²) >= 11 is 0. The molecule has 1 fully saturated rings. The molecule has 0 aliphatic carbocycles. The Kier molecular flexibility index (Phi) is 3.95. The monoisotopic (exact) mass is 235 g/mol. The summed E-state index contributed by atoms with van der Waals surface area (Å²) in [5, 5.41) is 4.90. The molecule has 0 saturated carbocycles. The van der Waals surface area contributed by atoms with Gasteiger partial charge in [-0.05, 0) is 24.3 Å². The van der Waals surface area contributed by atoms with Crippen molar-refractivity contribution >= 4 is 11.6 Å². The van der Waals surface area contributed by atoms with E-state index in [1.807, 2.05) is 36.3 Å². The van der Waals surface area contributed by atoms with Crippen LogP contribution >= 0.6 is 0 Å². The van der Waals surface area contributed by atoms with Crippen molar-refractivity contribution in [1.82, 2.24) is 10.4 Å². The first-order chi connectivity index (χ1) is 8.29. The highest BCUT2D eigenvalue weighted by Gasteiger charge is 2.13. The molecule has 1 aliphatic rings. The highest BCUT2D eigenvalue weighted by atomic mass is 16.5. The molecule has 2 N–H and O–H groups in total. The highest BCUT2D eigenvalue weighted by Crippen LogP contribution is 2.08. The maximum Gasteiger partial charge on any atom is 0.265 e. The van der Waals surface area contributed by atoms with Crippen LogP contribution in [0.3, 0.4) is 0 Å². The number of amides is 1. The zero-order valence-electron chi connectivity index (χ0n) is 9.90. The van der Waals surface area contributed by atoms with Crippen molar-refractivity contribution in [2.24, 2.45) is 0 Å². The first-order valence-electron chi connectivity index (χ1n) is 5.71. The van der Waals surface area contributed by atoms with E-state index >= 15 is 0 Å². The molecule has 0 aromatic heterocycles. The molecule has 2 rings (SSSR count). The molecule has 5 heteroatoms. The molecule has 1 aromatic carbocycles. The summed E-state index contributed by atoms with van der Waals surface area (Å²) < 4.78 is 5.22. The third kappa shape index (κ3) is 3.18. The van der Waals surface area contributed by atoms with Crippen molar-refractivity contribution < 1.29 is 9.53 Å². The van der Waals surface area contributed by atoms with Gasteiger partial charge in [0.05, 0.1) is 13.2 Å². The standard InChI is InChI=1S/C12H17N3O2/c1-13-11-4-2-10(3-5-11)12(16)14-15-6-8-17-9-7-15/h2-5,13H,6-9H2,1H3,(H,14,16). The summed E-state index contributed by atoms with van der Waals surface area (Å²) in [6.07, 6.45) is 0. The van der Waals surface area contributed by atoms with Gasteiger partial charge in [0.1, 0.15) is 0 Å². The fourth-order valence-electron chi connectivity index (χ4n) is 1.67. The average molecular weight is 235 g/mol. The van der Waals surface area contributed by atoms with Gasteiger partial charge in [-0.2, -0.15) is 0 Å². The van der Waals surface area contributed by atoms with Crippen molar-refractivity contribution in [3.8, 4) is 0 Å². The lowest BCUT2D eigenvalue weighted by atomic mass is 10.2. The van der Waals surface area contributed by atoms with Crippen LogP contribution in [0.1, 0.15) is 10.4 Å². The summed E-state index contributed by atoms with van der Waals surface area (Å²) in [5.74, 6) is -0.0745. The number of carbonyl (C=O) groups is 1. The van der Waals surface area contributed by atoms with E-state index in [4.69, 9.17) is 4.74 Å². The normalized spacial score (nSPS) is 16.5. The maximum absolute atomic E-state index is 11.9. The topological polar surface area (TPSA) is 53.6 Å². The van der Waals surface area contributed by atoms with Gasteiger partial charge in [-0.1, -0.05) is 0 Å². The van der Waals surface area contributed by atoms with Gasteiger partial charge in [0.2, 0.25) is 0 Å². The minimum Gasteiger partial charge on any atom is -0.388 e. The second kappa shape index (κ2) is 5.65. The Balaban J connectivity index is 1.93. The van der Waals surface area contributed by atoms with Crippen molar-refractivity contribution in [1.29, 1.82) is 0 Å². The highest BCUT2D eigenvalue weighted by molar-refractivity contribution is 5.94. The molecule has 92 valence electrons. The second-order valence-corrected chi connectivity index (χ2v) is 3.87. The van der Waals surface area contributed by atoms with Gasteiger partial charge in [-0.15, -0.1) is 0 Å². The Labute approximate surface area is 101 Å². The number of morpholine rings is 1. The lowest BCUT2D eigenvalue weighted by Gasteiger charge is -2.26. The van der Waals surface area contributed by atoms with Gasteiger partial charge in [0.25, 0.3) is 5.91 Å². The van der Waals surface area contributed by atoms with E-state index in [1.165, 1.54) is 0 Å². The van der Waals surface area contributed by atoms with E-state index in [9.17, 15) is 4.79 Å². The number of benzene rings is 1. The van der Waals surface area contributed by atoms with Gasteiger partial charge >= 0.3 is 0 Å². The number of ether oxygens (including phenoxy) is 1. The van der Waals surface area contributed by atoms with Crippen molar-refractivity contribution in [3.63, 3.8) is 0 Å². The Bertz CT molecular complexity index is 372. The number of hydrogen-bond acceptors (Lipinski definition) is 4. The second-order valence-electron chi connectivity index (χ2n) is 3.87. The van der Waals surface area contributed by atoms with Crippen molar-refractivity contribution in [3.05, 3.63) is 29.8 Å². The molecule has 5 nitrogen and oxygen atoms in total. The molecular formula is C12H17N3O2. The van der Waals surface area contributed by atoms with Crippen LogP contribution in [-0.2, 0) is 4.74 Å². The molecule has 0 spiro atoms. The molecule has 0 bridgehead atoms. The van der Waals surface area contributed by atoms with Crippen LogP contribution < -0.4 is 10.7 Å². The lowest BCUT2D eigenvalue weighted by molar-refractivity contribution is 0.0126. The fourth-order valence-corrected chi connectivity index (χ4v) is 1.67. The van der Waals surface area contributed by atoms with E-state index in [-0.39, 0.29) is 5.91 Å². The van der Waals surface area contributed by atoms with Crippen LogP contribution in [0.15, 0.2) is 24.3 Å². The molecule has 1 saturated heterocycles. The molecule has 1 amide bonds. The maximum atomic E-state index is 11.9. The van der Waals surface area contributed by atoms with E-state index in [2.05, 4.69) is 10.7 Å². The number of hydrazine groups is 1. The van der Waals surface area contributed by atoms with Crippen LogP contribution in [0.4, 0.5) is 5.69 Å². The number of nitrogens with one attached hydrogen (secondary N) is 2. The predicted molar refractivity (Wildman–Crippen MR) is 65.8 cm³/mol. The third-order valence-electron chi connectivity index (χ3n) is 2.71. The number of anilines is 1. The zero-order valence-corrected chi connectivity index (χ0v) is 9.90. The van der Waals surface area contributed by atoms with E-state index in [0.29, 0.717) is 18.8 Å². The first-order valence-corrected chi connectivity index (χ1v) is 5.71. The van der Waals surface area contributed by atoms with E-state index in [0.717, 1.165) is 18.8 Å². The average Bonchev–Trinajstić information content (AvgIpc) is 2.40. The summed E-state index contributed by atoms with van der Waals surface area (Å²) in [6, 6.07) is 7.38. The fraction of sp³-hybridized carbons (Fsp3) is 0.417. The Morgan fingerprint density at radius 3 is 2.47 bits per heavy atom. The number of rotatable bonds is 3. The van der Waals surface area contributed by atoms with Gasteiger partial charge in [0, 0.05) is 31.4 Å². The quantitative estimate of drug-likeness (QED) is 0.810. The van der Waals surface area contributed by atoms with Crippen LogP contribution in [0.2, 0.25) is 0 Å². The Morgan fingerprint density at radius 2 is 1.88 bits per heavy atom. The van der Waals surface area contributed by atoms with Gasteiger partial charge in [-0.25, -0.2) is 5.01 Å². The van der Waals surface area contributed by atoms with E-state index in [1.54, 1.807) is 0 Å². The largest absolute Gasteiger partial charge is 0.388 e. The summed E-state index contributed by atoms with van der Waals surface area (Å²) in [6.45, 7) is 2.80. The lowest BCUT2D eigenvalue weighted by Crippen LogP contribution is -2.48. The first kappa shape index (κ1) is 11.9. The molecule has 1 aliphatic heterocycles. The van der Waals surface area contributed by atoms with Gasteiger partial charge in [0.15, 0.2) is 0 Å². The predicted octanol–water partition coefficient (Wildman–Crippen LogP) is 0.705. The summed E-state index contributed by atoms with van der Waals surface area (Å²) in [5.41, 5.74) is 4.52. The van der Waals surface area contributed by atoms with Crippen LogP contribution in [0, 0.1) is 0 Å². The smallest absolute Gasteiger partial charge is 0.265 e. The van der Waals surface area contributed by atoms with Crippen molar-refractivity contribution in [2.45, 2.75) is 0 Å². The van der Waals surface area contributed by atoms with Crippen LogP contribution in [0.25, 0.3) is 0 Å².